The summed E-state index contributed by atoms with van der Waals surface area (Å²) in [5, 5.41) is 6.12. The zero-order valence-electron chi connectivity index (χ0n) is 13.6. The van der Waals surface area contributed by atoms with Gasteiger partial charge in [-0.3, -0.25) is 4.40 Å². The van der Waals surface area contributed by atoms with Crippen molar-refractivity contribution in [1.29, 1.82) is 0 Å². The molecule has 4 rings (SSSR count). The molecule has 0 unspecified atom stereocenters. The average Bonchev–Trinajstić information content (AvgIpc) is 3.18. The Morgan fingerprint density at radius 3 is 2.84 bits per heavy atom. The molecule has 128 valence electrons. The molecule has 1 aromatic carbocycles. The minimum Gasteiger partial charge on any atom is -0.495 e. The normalized spacial score (nSPS) is 10.5. The van der Waals surface area contributed by atoms with Gasteiger partial charge in [0.05, 0.1) is 24.2 Å². The first-order valence-electron chi connectivity index (χ1n) is 7.42. The Kier molecular flexibility index (Phi) is 5.00. The van der Waals surface area contributed by atoms with Crippen molar-refractivity contribution in [2.24, 2.45) is 0 Å². The van der Waals surface area contributed by atoms with Gasteiger partial charge in [-0.1, -0.05) is 12.1 Å². The minimum atomic E-state index is 0. The largest absolute Gasteiger partial charge is 0.495 e. The monoisotopic (exact) mass is 417 g/mol. The van der Waals surface area contributed by atoms with E-state index in [1.54, 1.807) is 13.3 Å². The molecule has 8 heteroatoms. The number of benzene rings is 1. The van der Waals surface area contributed by atoms with E-state index in [1.807, 2.05) is 53.2 Å². The highest BCUT2D eigenvalue weighted by Crippen LogP contribution is 2.32. The van der Waals surface area contributed by atoms with Gasteiger partial charge in [-0.2, -0.15) is 0 Å². The lowest BCUT2D eigenvalue weighted by Gasteiger charge is -2.08. The Bertz CT molecular complexity index is 1010. The van der Waals surface area contributed by atoms with Gasteiger partial charge in [0.2, 0.25) is 5.78 Å². The molecular weight excluding hydrogens is 402 g/mol. The molecule has 0 aliphatic carbocycles. The maximum Gasteiger partial charge on any atom is 0.234 e. The van der Waals surface area contributed by atoms with E-state index < -0.39 is 0 Å². The van der Waals surface area contributed by atoms with Crippen LogP contribution in [0.1, 0.15) is 5.69 Å². The van der Waals surface area contributed by atoms with Crippen LogP contribution in [0.3, 0.4) is 0 Å². The average molecular weight is 418 g/mol. The van der Waals surface area contributed by atoms with Crippen molar-refractivity contribution in [3.05, 3.63) is 53.8 Å². The Labute approximate surface area is 159 Å². The second-order valence-corrected chi connectivity index (χ2v) is 6.06. The zero-order valence-corrected chi connectivity index (χ0v) is 16.2. The smallest absolute Gasteiger partial charge is 0.234 e. The summed E-state index contributed by atoms with van der Waals surface area (Å²) in [6, 6.07) is 9.66. The third-order valence-corrected chi connectivity index (χ3v) is 4.43. The van der Waals surface area contributed by atoms with Gasteiger partial charge in [0.15, 0.2) is 5.13 Å². The summed E-state index contributed by atoms with van der Waals surface area (Å²) < 4.78 is 7.32. The number of para-hydroxylation sites is 2. The molecule has 25 heavy (non-hydrogen) atoms. The number of methoxy groups -OCH3 is 1. The maximum atomic E-state index is 5.37. The Morgan fingerprint density at radius 1 is 1.16 bits per heavy atom. The number of aromatic nitrogens is 4. The minimum absolute atomic E-state index is 0. The fourth-order valence-corrected chi connectivity index (χ4v) is 3.32. The molecule has 0 radical (unpaired) electrons. The second-order valence-electron chi connectivity index (χ2n) is 5.20. The number of hydrogen-bond donors (Lipinski definition) is 1. The summed E-state index contributed by atoms with van der Waals surface area (Å²) in [6.07, 6.45) is 3.69. The number of imidazole rings is 1. The van der Waals surface area contributed by atoms with E-state index in [1.165, 1.54) is 11.3 Å². The predicted octanol–water partition coefficient (Wildman–Crippen LogP) is 4.49. The van der Waals surface area contributed by atoms with Crippen LogP contribution in [0.2, 0.25) is 0 Å². The number of nitrogens with one attached hydrogen (secondary N) is 1. The SMILES string of the molecule is Br.COc1ccccc1Nc1nc(-c2c(C)nc3ncccn23)cs1. The third kappa shape index (κ3) is 3.22. The number of nitrogens with zero attached hydrogens (tertiary/aromatic N) is 4. The van der Waals surface area contributed by atoms with E-state index in [0.717, 1.165) is 33.7 Å². The number of rotatable bonds is 4. The van der Waals surface area contributed by atoms with Crippen LogP contribution in [0, 0.1) is 6.92 Å². The van der Waals surface area contributed by atoms with E-state index in [9.17, 15) is 0 Å². The number of halogens is 1. The van der Waals surface area contributed by atoms with Crippen molar-refractivity contribution in [2.45, 2.75) is 6.92 Å². The zero-order chi connectivity index (χ0) is 16.5. The van der Waals surface area contributed by atoms with Crippen LogP contribution < -0.4 is 10.1 Å². The van der Waals surface area contributed by atoms with Crippen LogP contribution in [-0.4, -0.2) is 26.5 Å². The molecule has 0 aliphatic rings. The third-order valence-electron chi connectivity index (χ3n) is 3.67. The number of anilines is 2. The number of hydrogen-bond acceptors (Lipinski definition) is 6. The molecule has 0 amide bonds. The molecule has 0 bridgehead atoms. The van der Waals surface area contributed by atoms with Gasteiger partial charge in [0.1, 0.15) is 11.4 Å². The number of ether oxygens (including phenoxy) is 1. The molecule has 3 aromatic heterocycles. The Balaban J connectivity index is 0.00000182. The molecule has 4 aromatic rings. The molecule has 0 saturated carbocycles. The molecule has 0 atom stereocenters. The first kappa shape index (κ1) is 17.4. The standard InChI is InChI=1S/C17H15N5OS.BrH/c1-11-15(22-9-5-8-18-16(22)19-11)13-10-24-17(21-13)20-12-6-3-4-7-14(12)23-2;/h3-10H,1-2H3,(H,20,21);1H. The van der Waals surface area contributed by atoms with Crippen molar-refractivity contribution in [2.75, 3.05) is 12.4 Å². The lowest BCUT2D eigenvalue weighted by molar-refractivity contribution is 0.417. The van der Waals surface area contributed by atoms with E-state index in [4.69, 9.17) is 9.72 Å². The first-order chi connectivity index (χ1) is 11.8. The van der Waals surface area contributed by atoms with Gasteiger partial charge in [-0.05, 0) is 25.1 Å². The van der Waals surface area contributed by atoms with Gasteiger partial charge in [0.25, 0.3) is 0 Å². The van der Waals surface area contributed by atoms with Gasteiger partial charge < -0.3 is 10.1 Å². The highest BCUT2D eigenvalue weighted by Gasteiger charge is 2.15. The molecular formula is C17H16BrN5OS. The van der Waals surface area contributed by atoms with Crippen molar-refractivity contribution in [1.82, 2.24) is 19.4 Å². The second kappa shape index (κ2) is 7.20. The van der Waals surface area contributed by atoms with Crippen LogP contribution in [-0.2, 0) is 0 Å². The van der Waals surface area contributed by atoms with Crippen LogP contribution in [0.15, 0.2) is 48.1 Å². The quantitative estimate of drug-likeness (QED) is 0.529. The molecule has 1 N–H and O–H groups in total. The molecule has 3 heterocycles. The van der Waals surface area contributed by atoms with Crippen LogP contribution >= 0.6 is 28.3 Å². The van der Waals surface area contributed by atoms with Crippen molar-refractivity contribution >= 4 is 44.9 Å². The summed E-state index contributed by atoms with van der Waals surface area (Å²) in [7, 11) is 1.66. The van der Waals surface area contributed by atoms with E-state index in [-0.39, 0.29) is 17.0 Å². The number of fused-ring (bicyclic) bond motifs is 1. The topological polar surface area (TPSA) is 64.3 Å². The summed E-state index contributed by atoms with van der Waals surface area (Å²) >= 11 is 1.54. The summed E-state index contributed by atoms with van der Waals surface area (Å²) in [6.45, 7) is 1.97. The van der Waals surface area contributed by atoms with Gasteiger partial charge in [0, 0.05) is 17.8 Å². The van der Waals surface area contributed by atoms with Crippen molar-refractivity contribution in [3.63, 3.8) is 0 Å². The molecule has 0 fully saturated rings. The highest BCUT2D eigenvalue weighted by atomic mass is 79.9. The fraction of sp³-hybridized carbons (Fsp3) is 0.118. The summed E-state index contributed by atoms with van der Waals surface area (Å²) in [5.74, 6) is 1.46. The van der Waals surface area contributed by atoms with Gasteiger partial charge in [-0.15, -0.1) is 28.3 Å². The predicted molar refractivity (Wildman–Crippen MR) is 105 cm³/mol. The van der Waals surface area contributed by atoms with Gasteiger partial charge >= 0.3 is 0 Å². The number of thiazole rings is 1. The molecule has 0 saturated heterocycles. The lowest BCUT2D eigenvalue weighted by Crippen LogP contribution is -1.94. The molecule has 0 aliphatic heterocycles. The molecule has 6 nitrogen and oxygen atoms in total. The van der Waals surface area contributed by atoms with Crippen LogP contribution in [0.25, 0.3) is 17.2 Å². The lowest BCUT2D eigenvalue weighted by atomic mass is 10.3. The summed E-state index contributed by atoms with van der Waals surface area (Å²) in [4.78, 5) is 13.5. The van der Waals surface area contributed by atoms with E-state index >= 15 is 0 Å². The highest BCUT2D eigenvalue weighted by molar-refractivity contribution is 8.93. The maximum absolute atomic E-state index is 5.37. The number of aryl methyl sites for hydroxylation is 1. The summed E-state index contributed by atoms with van der Waals surface area (Å²) in [5.41, 5.74) is 3.62. The van der Waals surface area contributed by atoms with Crippen LogP contribution in [0.4, 0.5) is 10.8 Å². The van der Waals surface area contributed by atoms with Crippen molar-refractivity contribution in [3.8, 4) is 17.1 Å². The molecule has 0 spiro atoms. The van der Waals surface area contributed by atoms with Crippen LogP contribution in [0.5, 0.6) is 5.75 Å². The Morgan fingerprint density at radius 2 is 2.00 bits per heavy atom. The van der Waals surface area contributed by atoms with Gasteiger partial charge in [-0.25, -0.2) is 15.0 Å². The Hall–Kier alpha value is -2.45. The first-order valence-corrected chi connectivity index (χ1v) is 8.30. The van der Waals surface area contributed by atoms with Crippen molar-refractivity contribution < 1.29 is 4.74 Å². The fourth-order valence-electron chi connectivity index (χ4n) is 2.61. The van der Waals surface area contributed by atoms with E-state index in [0.29, 0.717) is 5.78 Å². The van der Waals surface area contributed by atoms with E-state index in [2.05, 4.69) is 15.3 Å².